The number of nitrogens with one attached hydrogen (secondary N) is 1. The van der Waals surface area contributed by atoms with Crippen molar-refractivity contribution in [1.29, 1.82) is 0 Å². The third-order valence-corrected chi connectivity index (χ3v) is 3.98. The van der Waals surface area contributed by atoms with Crippen LogP contribution < -0.4 is 5.32 Å². The third kappa shape index (κ3) is 1.96. The first-order valence-electron chi connectivity index (χ1n) is 7.12. The van der Waals surface area contributed by atoms with Crippen molar-refractivity contribution in [3.05, 3.63) is 72.8 Å². The van der Waals surface area contributed by atoms with Gasteiger partial charge in [-0.05, 0) is 36.4 Å². The lowest BCUT2D eigenvalue weighted by molar-refractivity contribution is 1.01. The van der Waals surface area contributed by atoms with E-state index in [1.807, 2.05) is 18.2 Å². The van der Waals surface area contributed by atoms with Crippen LogP contribution in [0.4, 0.5) is 11.4 Å². The lowest BCUT2D eigenvalue weighted by Gasteiger charge is -2.06. The van der Waals surface area contributed by atoms with E-state index in [0.717, 1.165) is 11.4 Å². The van der Waals surface area contributed by atoms with E-state index in [1.54, 1.807) is 0 Å². The molecule has 1 N–H and O–H groups in total. The summed E-state index contributed by atoms with van der Waals surface area (Å²) in [5.74, 6) is 0. The molecule has 4 rings (SSSR count). The first-order chi connectivity index (χ1) is 10.3. The number of aromatic nitrogens is 1. The molecule has 0 spiro atoms. The number of rotatable bonds is 2. The number of nitrogens with zero attached hydrogens (tertiary/aromatic N) is 1. The highest BCUT2D eigenvalue weighted by molar-refractivity contribution is 6.09. The molecule has 1 heterocycles. The number of fused-ring (bicyclic) bond motifs is 3. The molecule has 0 unspecified atom stereocenters. The number of hydrogen-bond donors (Lipinski definition) is 1. The summed E-state index contributed by atoms with van der Waals surface area (Å²) in [5.41, 5.74) is 4.75. The summed E-state index contributed by atoms with van der Waals surface area (Å²) in [4.78, 5) is 0. The van der Waals surface area contributed by atoms with Crippen LogP contribution >= 0.6 is 0 Å². The second-order valence-electron chi connectivity index (χ2n) is 5.30. The molecule has 102 valence electrons. The van der Waals surface area contributed by atoms with Gasteiger partial charge in [0.05, 0.1) is 0 Å². The number of benzene rings is 3. The van der Waals surface area contributed by atoms with Crippen LogP contribution in [0.1, 0.15) is 0 Å². The van der Waals surface area contributed by atoms with E-state index in [2.05, 4.69) is 71.5 Å². The molecule has 0 aliphatic heterocycles. The summed E-state index contributed by atoms with van der Waals surface area (Å²) in [7, 11) is 2.12. The molecule has 0 aliphatic carbocycles. The van der Waals surface area contributed by atoms with E-state index >= 15 is 0 Å². The molecule has 2 heteroatoms. The summed E-state index contributed by atoms with van der Waals surface area (Å²) < 4.78 is 2.25. The second kappa shape index (κ2) is 4.67. The number of para-hydroxylation sites is 2. The molecule has 3 aromatic carbocycles. The van der Waals surface area contributed by atoms with Gasteiger partial charge in [-0.1, -0.05) is 36.4 Å². The molecule has 0 amide bonds. The van der Waals surface area contributed by atoms with E-state index < -0.39 is 0 Å². The fourth-order valence-corrected chi connectivity index (χ4v) is 2.93. The SMILES string of the molecule is Cn1c2ccccc2c2cc(Nc3ccccc3)ccc21. The summed E-state index contributed by atoms with van der Waals surface area (Å²) in [6.45, 7) is 0. The van der Waals surface area contributed by atoms with Crippen molar-refractivity contribution >= 4 is 33.2 Å². The van der Waals surface area contributed by atoms with E-state index in [4.69, 9.17) is 0 Å². The largest absolute Gasteiger partial charge is 0.356 e. The van der Waals surface area contributed by atoms with E-state index in [9.17, 15) is 0 Å². The van der Waals surface area contributed by atoms with E-state index in [0.29, 0.717) is 0 Å². The van der Waals surface area contributed by atoms with E-state index in [1.165, 1.54) is 21.8 Å². The Kier molecular flexibility index (Phi) is 2.68. The molecular weight excluding hydrogens is 256 g/mol. The van der Waals surface area contributed by atoms with Gasteiger partial charge in [-0.15, -0.1) is 0 Å². The quantitative estimate of drug-likeness (QED) is 0.538. The van der Waals surface area contributed by atoms with Gasteiger partial charge in [0.1, 0.15) is 0 Å². The molecule has 2 nitrogen and oxygen atoms in total. The van der Waals surface area contributed by atoms with Gasteiger partial charge in [0.15, 0.2) is 0 Å². The van der Waals surface area contributed by atoms with Crippen molar-refractivity contribution in [2.24, 2.45) is 7.05 Å². The molecular formula is C19H16N2. The van der Waals surface area contributed by atoms with Crippen molar-refractivity contribution < 1.29 is 0 Å². The summed E-state index contributed by atoms with van der Waals surface area (Å²) in [6.07, 6.45) is 0. The van der Waals surface area contributed by atoms with Crippen LogP contribution in [0.3, 0.4) is 0 Å². The van der Waals surface area contributed by atoms with Crippen LogP contribution in [0.5, 0.6) is 0 Å². The van der Waals surface area contributed by atoms with Gasteiger partial charge in [0, 0.05) is 40.2 Å². The molecule has 1 aromatic heterocycles. The van der Waals surface area contributed by atoms with Crippen molar-refractivity contribution in [2.75, 3.05) is 5.32 Å². The Morgan fingerprint density at radius 2 is 1.38 bits per heavy atom. The molecule has 0 fully saturated rings. The Hall–Kier alpha value is -2.74. The van der Waals surface area contributed by atoms with Crippen LogP contribution in [-0.4, -0.2) is 4.57 Å². The maximum Gasteiger partial charge on any atom is 0.0490 e. The minimum Gasteiger partial charge on any atom is -0.356 e. The van der Waals surface area contributed by atoms with Gasteiger partial charge in [-0.3, -0.25) is 0 Å². The molecule has 0 aliphatic rings. The topological polar surface area (TPSA) is 17.0 Å². The van der Waals surface area contributed by atoms with Crippen LogP contribution in [0.25, 0.3) is 21.8 Å². The highest BCUT2D eigenvalue weighted by atomic mass is 14.9. The number of anilines is 2. The highest BCUT2D eigenvalue weighted by Crippen LogP contribution is 2.30. The predicted octanol–water partition coefficient (Wildman–Crippen LogP) is 5.08. The molecule has 0 saturated carbocycles. The van der Waals surface area contributed by atoms with Gasteiger partial charge >= 0.3 is 0 Å². The first kappa shape index (κ1) is 12.0. The normalized spacial score (nSPS) is 11.1. The Labute approximate surface area is 123 Å². The summed E-state index contributed by atoms with van der Waals surface area (Å²) in [5, 5.41) is 6.04. The van der Waals surface area contributed by atoms with Gasteiger partial charge in [-0.25, -0.2) is 0 Å². The van der Waals surface area contributed by atoms with Crippen molar-refractivity contribution in [3.8, 4) is 0 Å². The zero-order valence-electron chi connectivity index (χ0n) is 11.9. The number of hydrogen-bond acceptors (Lipinski definition) is 1. The maximum absolute atomic E-state index is 3.46. The smallest absolute Gasteiger partial charge is 0.0490 e. The average Bonchev–Trinajstić information content (AvgIpc) is 2.82. The Morgan fingerprint density at radius 1 is 0.667 bits per heavy atom. The predicted molar refractivity (Wildman–Crippen MR) is 90.1 cm³/mol. The first-order valence-corrected chi connectivity index (χ1v) is 7.12. The highest BCUT2D eigenvalue weighted by Gasteiger charge is 2.07. The minimum atomic E-state index is 1.11. The van der Waals surface area contributed by atoms with Crippen LogP contribution in [0.15, 0.2) is 72.8 Å². The summed E-state index contributed by atoms with van der Waals surface area (Å²) in [6, 6.07) is 25.3. The maximum atomic E-state index is 3.46. The molecule has 0 radical (unpaired) electrons. The van der Waals surface area contributed by atoms with Crippen molar-refractivity contribution in [2.45, 2.75) is 0 Å². The molecule has 0 saturated heterocycles. The second-order valence-corrected chi connectivity index (χ2v) is 5.30. The zero-order valence-corrected chi connectivity index (χ0v) is 11.9. The van der Waals surface area contributed by atoms with Crippen LogP contribution in [-0.2, 0) is 7.05 Å². The Balaban J connectivity index is 1.88. The lowest BCUT2D eigenvalue weighted by atomic mass is 10.1. The molecule has 4 aromatic rings. The Morgan fingerprint density at radius 3 is 2.24 bits per heavy atom. The van der Waals surface area contributed by atoms with Crippen molar-refractivity contribution in [3.63, 3.8) is 0 Å². The summed E-state index contributed by atoms with van der Waals surface area (Å²) >= 11 is 0. The van der Waals surface area contributed by atoms with E-state index in [-0.39, 0.29) is 0 Å². The van der Waals surface area contributed by atoms with Gasteiger partial charge in [0.2, 0.25) is 0 Å². The molecule has 21 heavy (non-hydrogen) atoms. The van der Waals surface area contributed by atoms with Gasteiger partial charge < -0.3 is 9.88 Å². The molecule has 0 bridgehead atoms. The standard InChI is InChI=1S/C19H16N2/c1-21-18-10-6-5-9-16(18)17-13-15(11-12-19(17)21)20-14-7-3-2-4-8-14/h2-13,20H,1H3. The van der Waals surface area contributed by atoms with Crippen LogP contribution in [0, 0.1) is 0 Å². The van der Waals surface area contributed by atoms with Gasteiger partial charge in [-0.2, -0.15) is 0 Å². The monoisotopic (exact) mass is 272 g/mol. The third-order valence-electron chi connectivity index (χ3n) is 3.98. The fraction of sp³-hybridized carbons (Fsp3) is 0.0526. The lowest BCUT2D eigenvalue weighted by Crippen LogP contribution is -1.90. The van der Waals surface area contributed by atoms with Crippen molar-refractivity contribution in [1.82, 2.24) is 4.57 Å². The minimum absolute atomic E-state index is 1.11. The fourth-order valence-electron chi connectivity index (χ4n) is 2.93. The van der Waals surface area contributed by atoms with Gasteiger partial charge in [0.25, 0.3) is 0 Å². The zero-order chi connectivity index (χ0) is 14.2. The average molecular weight is 272 g/mol. The van der Waals surface area contributed by atoms with Crippen LogP contribution in [0.2, 0.25) is 0 Å². The molecule has 0 atom stereocenters. The Bertz CT molecular complexity index is 920. The number of aryl methyl sites for hydroxylation is 1.